The number of ether oxygens (including phenoxy) is 2. The maximum absolute atomic E-state index is 13.5. The van der Waals surface area contributed by atoms with Crippen LogP contribution in [0.5, 0.6) is 11.5 Å². The van der Waals surface area contributed by atoms with Gasteiger partial charge in [0.05, 0.1) is 16.4 Å². The summed E-state index contributed by atoms with van der Waals surface area (Å²) < 4.78 is 48.2. The quantitative estimate of drug-likeness (QED) is 0.638. The molecule has 0 fully saturated rings. The van der Waals surface area contributed by atoms with Gasteiger partial charge in [-0.2, -0.15) is 5.10 Å². The zero-order chi connectivity index (χ0) is 18.3. The summed E-state index contributed by atoms with van der Waals surface area (Å²) in [5, 5.41) is 4.01. The van der Waals surface area contributed by atoms with Crippen molar-refractivity contribution < 1.29 is 27.1 Å². The summed E-state index contributed by atoms with van der Waals surface area (Å²) in [6.45, 7) is 0.0968. The molecule has 0 aliphatic carbocycles. The molecule has 0 atom stereocenters. The molecule has 0 aromatic heterocycles. The lowest BCUT2D eigenvalue weighted by Crippen LogP contribution is -2.26. The topological polar surface area (TPSA) is 94.1 Å². The Morgan fingerprint density at radius 3 is 2.77 bits per heavy atom. The van der Waals surface area contributed by atoms with Crippen LogP contribution in [-0.4, -0.2) is 32.6 Å². The van der Waals surface area contributed by atoms with Crippen LogP contribution in [0, 0.1) is 5.82 Å². The van der Waals surface area contributed by atoms with Crippen LogP contribution in [0.2, 0.25) is 0 Å². The molecule has 0 saturated heterocycles. The predicted molar refractivity (Wildman–Crippen MR) is 89.6 cm³/mol. The summed E-state index contributed by atoms with van der Waals surface area (Å²) in [6.07, 6.45) is 0.0835. The van der Waals surface area contributed by atoms with Crippen molar-refractivity contribution in [1.29, 1.82) is 0 Å². The van der Waals surface area contributed by atoms with E-state index < -0.39 is 21.6 Å². The molecule has 26 heavy (non-hydrogen) atoms. The number of benzene rings is 2. The van der Waals surface area contributed by atoms with Gasteiger partial charge < -0.3 is 9.47 Å². The van der Waals surface area contributed by atoms with E-state index in [1.54, 1.807) is 12.1 Å². The van der Waals surface area contributed by atoms with Gasteiger partial charge in [0.25, 0.3) is 5.91 Å². The van der Waals surface area contributed by atoms with E-state index >= 15 is 0 Å². The first-order chi connectivity index (χ1) is 12.4. The Bertz CT molecular complexity index is 1050. The summed E-state index contributed by atoms with van der Waals surface area (Å²) in [5.41, 5.74) is 3.17. The standard InChI is InChI=1S/C17H13FN2O5S/c18-11-2-4-16-12(8-11)13(5-6-26(16,22)23)19-20-17(21)10-1-3-14-15(7-10)25-9-24-14/h1-4,7-8H,5-6,9H2,(H,20,21)/b19-13-. The predicted octanol–water partition coefficient (Wildman–Crippen LogP) is 1.87. The number of sulfone groups is 1. The highest BCUT2D eigenvalue weighted by Crippen LogP contribution is 2.32. The molecule has 2 aromatic carbocycles. The van der Waals surface area contributed by atoms with E-state index in [9.17, 15) is 17.6 Å². The van der Waals surface area contributed by atoms with Gasteiger partial charge in [-0.05, 0) is 36.4 Å². The fourth-order valence-corrected chi connectivity index (χ4v) is 4.28. The van der Waals surface area contributed by atoms with Gasteiger partial charge in [-0.1, -0.05) is 0 Å². The molecule has 2 aliphatic heterocycles. The van der Waals surface area contributed by atoms with Crippen molar-refractivity contribution in [2.75, 3.05) is 12.5 Å². The van der Waals surface area contributed by atoms with E-state index in [0.29, 0.717) is 22.8 Å². The van der Waals surface area contributed by atoms with Crippen molar-refractivity contribution in [2.45, 2.75) is 11.3 Å². The summed E-state index contributed by atoms with van der Waals surface area (Å²) in [4.78, 5) is 12.3. The van der Waals surface area contributed by atoms with Gasteiger partial charge in [0, 0.05) is 17.5 Å². The fourth-order valence-electron chi connectivity index (χ4n) is 2.81. The zero-order valence-electron chi connectivity index (χ0n) is 13.4. The van der Waals surface area contributed by atoms with Crippen LogP contribution >= 0.6 is 0 Å². The number of hydrogen-bond donors (Lipinski definition) is 1. The third-order valence-electron chi connectivity index (χ3n) is 4.12. The number of nitrogens with one attached hydrogen (secondary N) is 1. The highest BCUT2D eigenvalue weighted by Gasteiger charge is 2.28. The van der Waals surface area contributed by atoms with E-state index in [1.165, 1.54) is 12.1 Å². The molecule has 0 saturated carbocycles. The Balaban J connectivity index is 1.61. The molecule has 1 N–H and O–H groups in total. The van der Waals surface area contributed by atoms with Gasteiger partial charge in [-0.25, -0.2) is 18.2 Å². The van der Waals surface area contributed by atoms with Crippen molar-refractivity contribution in [1.82, 2.24) is 5.43 Å². The molecular weight excluding hydrogens is 363 g/mol. The smallest absolute Gasteiger partial charge is 0.271 e. The van der Waals surface area contributed by atoms with E-state index in [1.807, 2.05) is 0 Å². The summed E-state index contributed by atoms with van der Waals surface area (Å²) in [7, 11) is -3.48. The maximum Gasteiger partial charge on any atom is 0.271 e. The monoisotopic (exact) mass is 376 g/mol. The first-order valence-electron chi connectivity index (χ1n) is 7.73. The van der Waals surface area contributed by atoms with Crippen LogP contribution in [0.4, 0.5) is 4.39 Å². The van der Waals surface area contributed by atoms with Gasteiger partial charge in [-0.15, -0.1) is 0 Å². The molecule has 4 rings (SSSR count). The number of amides is 1. The number of carbonyl (C=O) groups is 1. The summed E-state index contributed by atoms with van der Waals surface area (Å²) >= 11 is 0. The Kier molecular flexibility index (Phi) is 3.87. The minimum absolute atomic E-state index is 0.0150. The molecule has 0 bridgehead atoms. The molecule has 7 nitrogen and oxygen atoms in total. The van der Waals surface area contributed by atoms with Gasteiger partial charge in [-0.3, -0.25) is 4.79 Å². The van der Waals surface area contributed by atoms with Crippen LogP contribution in [-0.2, 0) is 9.84 Å². The van der Waals surface area contributed by atoms with E-state index in [0.717, 1.165) is 12.1 Å². The minimum atomic E-state index is -3.48. The second-order valence-electron chi connectivity index (χ2n) is 5.78. The Hall–Kier alpha value is -2.94. The second-order valence-corrected chi connectivity index (χ2v) is 7.85. The zero-order valence-corrected chi connectivity index (χ0v) is 14.2. The van der Waals surface area contributed by atoms with Gasteiger partial charge in [0.1, 0.15) is 5.82 Å². The van der Waals surface area contributed by atoms with Gasteiger partial charge in [0.15, 0.2) is 21.3 Å². The van der Waals surface area contributed by atoms with E-state index in [2.05, 4.69) is 10.5 Å². The first-order valence-corrected chi connectivity index (χ1v) is 9.38. The highest BCUT2D eigenvalue weighted by atomic mass is 32.2. The molecule has 9 heteroatoms. The fraction of sp³-hybridized carbons (Fsp3) is 0.176. The van der Waals surface area contributed by atoms with Crippen molar-refractivity contribution in [3.63, 3.8) is 0 Å². The molecule has 0 spiro atoms. The molecule has 2 aliphatic rings. The van der Waals surface area contributed by atoms with Crippen LogP contribution in [0.25, 0.3) is 0 Å². The molecule has 0 radical (unpaired) electrons. The second kappa shape index (κ2) is 6.10. The van der Waals surface area contributed by atoms with Gasteiger partial charge in [0.2, 0.25) is 6.79 Å². The first kappa shape index (κ1) is 16.5. The number of carbonyl (C=O) groups excluding carboxylic acids is 1. The van der Waals surface area contributed by atoms with Gasteiger partial charge >= 0.3 is 0 Å². The Morgan fingerprint density at radius 1 is 1.12 bits per heavy atom. The van der Waals surface area contributed by atoms with E-state index in [4.69, 9.17) is 9.47 Å². The van der Waals surface area contributed by atoms with Crippen molar-refractivity contribution in [3.05, 3.63) is 53.3 Å². The Labute approximate surface area is 148 Å². The minimum Gasteiger partial charge on any atom is -0.454 e. The maximum atomic E-state index is 13.5. The highest BCUT2D eigenvalue weighted by molar-refractivity contribution is 7.91. The van der Waals surface area contributed by atoms with E-state index in [-0.39, 0.29) is 29.4 Å². The van der Waals surface area contributed by atoms with Crippen LogP contribution in [0.3, 0.4) is 0 Å². The number of rotatable bonds is 2. The van der Waals surface area contributed by atoms with Crippen molar-refractivity contribution in [2.24, 2.45) is 5.10 Å². The van der Waals surface area contributed by atoms with Crippen LogP contribution in [0.15, 0.2) is 46.4 Å². The normalized spacial score (nSPS) is 18.4. The molecule has 2 heterocycles. The summed E-state index contributed by atoms with van der Waals surface area (Å²) in [5.74, 6) is -0.210. The SMILES string of the molecule is O=C(N/N=C1/CCS(=O)(=O)c2ccc(F)cc21)c1ccc2c(c1)OCO2. The molecular formula is C17H13FN2O5S. The number of hydrogen-bond acceptors (Lipinski definition) is 6. The van der Waals surface area contributed by atoms with Crippen molar-refractivity contribution in [3.8, 4) is 11.5 Å². The van der Waals surface area contributed by atoms with Crippen LogP contribution in [0.1, 0.15) is 22.3 Å². The number of nitrogens with zero attached hydrogens (tertiary/aromatic N) is 1. The van der Waals surface area contributed by atoms with Crippen molar-refractivity contribution >= 4 is 21.5 Å². The third-order valence-corrected chi connectivity index (χ3v) is 5.89. The average Bonchev–Trinajstić information content (AvgIpc) is 3.08. The molecule has 2 aromatic rings. The van der Waals surface area contributed by atoms with Crippen LogP contribution < -0.4 is 14.9 Å². The third kappa shape index (κ3) is 2.90. The molecule has 1 amide bonds. The lowest BCUT2D eigenvalue weighted by molar-refractivity contribution is 0.0954. The number of fused-ring (bicyclic) bond motifs is 2. The number of hydrazone groups is 1. The lowest BCUT2D eigenvalue weighted by Gasteiger charge is -2.18. The summed E-state index contributed by atoms with van der Waals surface area (Å²) in [6, 6.07) is 8.11. The average molecular weight is 376 g/mol. The molecule has 0 unspecified atom stereocenters. The number of halogens is 1. The Morgan fingerprint density at radius 2 is 1.92 bits per heavy atom. The lowest BCUT2D eigenvalue weighted by atomic mass is 10.1. The largest absolute Gasteiger partial charge is 0.454 e. The molecule has 134 valence electrons.